The van der Waals surface area contributed by atoms with Crippen molar-refractivity contribution in [2.75, 3.05) is 26.7 Å². The van der Waals surface area contributed by atoms with Crippen molar-refractivity contribution in [2.45, 2.75) is 56.7 Å². The largest absolute Gasteiger partial charge is 0.439 e. The summed E-state index contributed by atoms with van der Waals surface area (Å²) in [5, 5.41) is 0. The third kappa shape index (κ3) is 2.84. The molecular weight excluding hydrogens is 292 g/mol. The lowest BCUT2D eigenvalue weighted by Crippen LogP contribution is -2.37. The third-order valence-electron chi connectivity index (χ3n) is 5.64. The van der Waals surface area contributed by atoms with Crippen LogP contribution in [-0.4, -0.2) is 57.7 Å². The minimum Gasteiger partial charge on any atom is -0.439 e. The molecule has 1 spiro atoms. The number of carbonyl (C=O) groups is 1. The molecule has 2 saturated heterocycles. The molecule has 0 N–H and O–H groups in total. The number of likely N-dealkylation sites (tertiary alicyclic amines) is 1. The molecule has 0 bridgehead atoms. The van der Waals surface area contributed by atoms with Gasteiger partial charge in [0, 0.05) is 45.3 Å². The fraction of sp³-hybridized carbons (Fsp3) is 0.765. The number of likely N-dealkylation sites (N-methyl/N-ethyl adjacent to an activating group) is 1. The quantitative estimate of drug-likeness (QED) is 0.859. The normalized spacial score (nSPS) is 29.6. The van der Waals surface area contributed by atoms with Crippen molar-refractivity contribution in [1.29, 1.82) is 0 Å². The number of amides is 1. The standard InChI is InChI=1S/C17H26N4O2/c1-19-11-17(23-16(19)22)7-8-20(12-17)10-15-9-18-13-21(15)14-5-3-2-4-6-14/h9,13-14H,2-8,10-12H2,1H3/t17-/m1/s1. The van der Waals surface area contributed by atoms with Crippen LogP contribution in [0.15, 0.2) is 12.5 Å². The van der Waals surface area contributed by atoms with Gasteiger partial charge in [-0.1, -0.05) is 19.3 Å². The Morgan fingerprint density at radius 1 is 1.30 bits per heavy atom. The second-order valence-corrected chi connectivity index (χ2v) is 7.45. The van der Waals surface area contributed by atoms with Crippen molar-refractivity contribution in [2.24, 2.45) is 0 Å². The Balaban J connectivity index is 1.42. The van der Waals surface area contributed by atoms with E-state index in [0.29, 0.717) is 12.6 Å². The summed E-state index contributed by atoms with van der Waals surface area (Å²) >= 11 is 0. The highest BCUT2D eigenvalue weighted by Crippen LogP contribution is 2.33. The summed E-state index contributed by atoms with van der Waals surface area (Å²) in [5.74, 6) is 0. The van der Waals surface area contributed by atoms with E-state index in [4.69, 9.17) is 4.74 Å². The fourth-order valence-electron chi connectivity index (χ4n) is 4.44. The first-order valence-corrected chi connectivity index (χ1v) is 8.82. The molecule has 1 saturated carbocycles. The third-order valence-corrected chi connectivity index (χ3v) is 5.64. The molecule has 1 atom stereocenters. The lowest BCUT2D eigenvalue weighted by molar-refractivity contribution is 0.0624. The zero-order valence-electron chi connectivity index (χ0n) is 13.9. The zero-order valence-corrected chi connectivity index (χ0v) is 13.9. The smallest absolute Gasteiger partial charge is 0.410 e. The van der Waals surface area contributed by atoms with Crippen LogP contribution in [0.4, 0.5) is 4.79 Å². The predicted octanol–water partition coefficient (Wildman–Crippen LogP) is 2.41. The Morgan fingerprint density at radius 2 is 2.13 bits per heavy atom. The number of aromatic nitrogens is 2. The Bertz CT molecular complexity index is 581. The van der Waals surface area contributed by atoms with Crippen molar-refractivity contribution in [3.8, 4) is 0 Å². The highest BCUT2D eigenvalue weighted by atomic mass is 16.6. The van der Waals surface area contributed by atoms with Crippen LogP contribution in [0.2, 0.25) is 0 Å². The van der Waals surface area contributed by atoms with E-state index in [0.717, 1.165) is 26.1 Å². The van der Waals surface area contributed by atoms with Crippen LogP contribution in [0.1, 0.15) is 50.3 Å². The highest BCUT2D eigenvalue weighted by Gasteiger charge is 2.48. The molecule has 0 radical (unpaired) electrons. The molecule has 1 aliphatic carbocycles. The van der Waals surface area contributed by atoms with Crippen molar-refractivity contribution < 1.29 is 9.53 Å². The maximum atomic E-state index is 11.7. The van der Waals surface area contributed by atoms with Crippen LogP contribution < -0.4 is 0 Å². The van der Waals surface area contributed by atoms with Gasteiger partial charge in [0.15, 0.2) is 0 Å². The average molecular weight is 318 g/mol. The Morgan fingerprint density at radius 3 is 2.87 bits per heavy atom. The molecule has 1 amide bonds. The van der Waals surface area contributed by atoms with Gasteiger partial charge in [0.05, 0.1) is 18.6 Å². The first-order valence-electron chi connectivity index (χ1n) is 8.82. The second kappa shape index (κ2) is 5.82. The maximum Gasteiger partial charge on any atom is 0.410 e. The van der Waals surface area contributed by atoms with Crippen molar-refractivity contribution in [3.05, 3.63) is 18.2 Å². The number of carbonyl (C=O) groups excluding carboxylic acids is 1. The van der Waals surface area contributed by atoms with Gasteiger partial charge in [-0.3, -0.25) is 4.90 Å². The zero-order chi connectivity index (χ0) is 15.9. The fourth-order valence-corrected chi connectivity index (χ4v) is 4.44. The van der Waals surface area contributed by atoms with Crippen molar-refractivity contribution in [1.82, 2.24) is 19.4 Å². The molecular formula is C17H26N4O2. The molecule has 3 heterocycles. The van der Waals surface area contributed by atoms with Crippen LogP contribution in [0.5, 0.6) is 0 Å². The Kier molecular flexibility index (Phi) is 3.79. The SMILES string of the molecule is CN1C[C@@]2(CCN(Cc3cncn3C3CCCCC3)C2)OC1=O. The van der Waals surface area contributed by atoms with Crippen LogP contribution in [0.3, 0.4) is 0 Å². The van der Waals surface area contributed by atoms with E-state index in [1.165, 1.54) is 37.8 Å². The summed E-state index contributed by atoms with van der Waals surface area (Å²) in [7, 11) is 1.82. The van der Waals surface area contributed by atoms with Gasteiger partial charge in [0.1, 0.15) is 5.60 Å². The van der Waals surface area contributed by atoms with Gasteiger partial charge < -0.3 is 14.2 Å². The van der Waals surface area contributed by atoms with Crippen LogP contribution in [0.25, 0.3) is 0 Å². The van der Waals surface area contributed by atoms with Crippen molar-refractivity contribution in [3.63, 3.8) is 0 Å². The molecule has 0 aromatic carbocycles. The lowest BCUT2D eigenvalue weighted by Gasteiger charge is -2.26. The summed E-state index contributed by atoms with van der Waals surface area (Å²) in [6, 6.07) is 0.619. The van der Waals surface area contributed by atoms with Crippen LogP contribution in [0, 0.1) is 0 Å². The lowest BCUT2D eigenvalue weighted by atomic mass is 9.95. The van der Waals surface area contributed by atoms with E-state index < -0.39 is 0 Å². The van der Waals surface area contributed by atoms with E-state index in [1.54, 1.807) is 4.90 Å². The summed E-state index contributed by atoms with van der Waals surface area (Å²) in [4.78, 5) is 20.2. The van der Waals surface area contributed by atoms with Gasteiger partial charge in [-0.25, -0.2) is 9.78 Å². The molecule has 0 unspecified atom stereocenters. The van der Waals surface area contributed by atoms with E-state index in [9.17, 15) is 4.79 Å². The number of hydrogen-bond acceptors (Lipinski definition) is 4. The van der Waals surface area contributed by atoms with Crippen molar-refractivity contribution >= 4 is 6.09 Å². The monoisotopic (exact) mass is 318 g/mol. The molecule has 1 aromatic rings. The summed E-state index contributed by atoms with van der Waals surface area (Å²) < 4.78 is 8.03. The van der Waals surface area contributed by atoms with E-state index in [-0.39, 0.29) is 11.7 Å². The average Bonchev–Trinajstić information content (AvgIpc) is 3.22. The van der Waals surface area contributed by atoms with E-state index in [1.807, 2.05) is 19.6 Å². The predicted molar refractivity (Wildman–Crippen MR) is 86.1 cm³/mol. The molecule has 2 aliphatic heterocycles. The van der Waals surface area contributed by atoms with Gasteiger partial charge in [0.2, 0.25) is 0 Å². The van der Waals surface area contributed by atoms with Gasteiger partial charge in [-0.2, -0.15) is 0 Å². The molecule has 23 heavy (non-hydrogen) atoms. The second-order valence-electron chi connectivity index (χ2n) is 7.45. The minimum absolute atomic E-state index is 0.181. The van der Waals surface area contributed by atoms with Gasteiger partial charge in [-0.15, -0.1) is 0 Å². The van der Waals surface area contributed by atoms with Gasteiger partial charge in [0.25, 0.3) is 0 Å². The van der Waals surface area contributed by atoms with Gasteiger partial charge >= 0.3 is 6.09 Å². The number of imidazole rings is 1. The van der Waals surface area contributed by atoms with Gasteiger partial charge in [-0.05, 0) is 12.8 Å². The first-order chi connectivity index (χ1) is 11.2. The van der Waals surface area contributed by atoms with Crippen LogP contribution >= 0.6 is 0 Å². The topological polar surface area (TPSA) is 50.6 Å². The Labute approximate surface area is 137 Å². The summed E-state index contributed by atoms with van der Waals surface area (Å²) in [5.41, 5.74) is 1.01. The summed E-state index contributed by atoms with van der Waals surface area (Å²) in [6.07, 6.45) is 11.3. The number of rotatable bonds is 3. The first kappa shape index (κ1) is 15.0. The molecule has 126 valence electrons. The molecule has 3 fully saturated rings. The number of nitrogens with zero attached hydrogens (tertiary/aromatic N) is 4. The van der Waals surface area contributed by atoms with E-state index in [2.05, 4.69) is 14.5 Å². The van der Waals surface area contributed by atoms with Crippen LogP contribution in [-0.2, 0) is 11.3 Å². The van der Waals surface area contributed by atoms with E-state index >= 15 is 0 Å². The summed E-state index contributed by atoms with van der Waals surface area (Å²) in [6.45, 7) is 3.43. The molecule has 4 rings (SSSR count). The number of hydrogen-bond donors (Lipinski definition) is 0. The Hall–Kier alpha value is -1.56. The number of ether oxygens (including phenoxy) is 1. The molecule has 3 aliphatic rings. The molecule has 6 heteroatoms. The molecule has 1 aromatic heterocycles. The highest BCUT2D eigenvalue weighted by molar-refractivity contribution is 5.70. The maximum absolute atomic E-state index is 11.7. The minimum atomic E-state index is -0.290. The molecule has 6 nitrogen and oxygen atoms in total.